The summed E-state index contributed by atoms with van der Waals surface area (Å²) in [6, 6.07) is 0.188. The second-order valence-electron chi connectivity index (χ2n) is 4.44. The van der Waals surface area contributed by atoms with Crippen molar-refractivity contribution in [3.8, 4) is 0 Å². The summed E-state index contributed by atoms with van der Waals surface area (Å²) in [7, 11) is 0. The predicted octanol–water partition coefficient (Wildman–Crippen LogP) is 0.262. The Morgan fingerprint density at radius 3 is 2.43 bits per heavy atom. The van der Waals surface area contributed by atoms with Gasteiger partial charge in [0.2, 0.25) is 5.91 Å². The van der Waals surface area contributed by atoms with Gasteiger partial charge < -0.3 is 15.7 Å². The highest BCUT2D eigenvalue weighted by Crippen LogP contribution is 1.98. The Kier molecular flexibility index (Phi) is 5.72. The van der Waals surface area contributed by atoms with Crippen molar-refractivity contribution in [3.63, 3.8) is 0 Å². The van der Waals surface area contributed by atoms with Crippen LogP contribution in [0.15, 0.2) is 0 Å². The van der Waals surface area contributed by atoms with Gasteiger partial charge in [-0.1, -0.05) is 0 Å². The molecule has 0 aliphatic rings. The maximum Gasteiger partial charge on any atom is 0.221 e. The summed E-state index contributed by atoms with van der Waals surface area (Å²) in [6.45, 7) is 8.32. The number of amides is 1. The summed E-state index contributed by atoms with van der Waals surface area (Å²) in [5.41, 5.74) is -0.307. The van der Waals surface area contributed by atoms with Crippen molar-refractivity contribution in [3.05, 3.63) is 0 Å². The summed E-state index contributed by atoms with van der Waals surface area (Å²) in [4.78, 5) is 11.2. The van der Waals surface area contributed by atoms with Gasteiger partial charge in [-0.05, 0) is 27.7 Å². The van der Waals surface area contributed by atoms with Crippen molar-refractivity contribution in [1.29, 1.82) is 0 Å². The van der Waals surface area contributed by atoms with Crippen molar-refractivity contribution in [1.82, 2.24) is 10.6 Å². The van der Waals surface area contributed by atoms with E-state index in [1.165, 1.54) is 0 Å². The molecule has 4 nitrogen and oxygen atoms in total. The molecule has 0 aromatic carbocycles. The molecule has 0 spiro atoms. The molecule has 0 saturated carbocycles. The summed E-state index contributed by atoms with van der Waals surface area (Å²) >= 11 is 0. The van der Waals surface area contributed by atoms with E-state index in [0.717, 1.165) is 0 Å². The van der Waals surface area contributed by atoms with Crippen molar-refractivity contribution >= 4 is 5.91 Å². The molecule has 0 aromatic rings. The molecule has 0 unspecified atom stereocenters. The second kappa shape index (κ2) is 5.98. The molecule has 14 heavy (non-hydrogen) atoms. The Hall–Kier alpha value is -0.610. The maximum absolute atomic E-state index is 11.2. The molecule has 0 heterocycles. The van der Waals surface area contributed by atoms with Crippen LogP contribution in [0.25, 0.3) is 0 Å². The number of hydrogen-bond acceptors (Lipinski definition) is 3. The van der Waals surface area contributed by atoms with E-state index in [0.29, 0.717) is 13.0 Å². The lowest BCUT2D eigenvalue weighted by atomic mass is 10.1. The standard InChI is InChI=1S/C10H22N2O2/c1-8(2)12-9(14)5-6-11-10(3,4)7-13/h8,11,13H,5-7H2,1-4H3,(H,12,14). The van der Waals surface area contributed by atoms with Crippen LogP contribution in [0.1, 0.15) is 34.1 Å². The SMILES string of the molecule is CC(C)NC(=O)CCNC(C)(C)CO. The Morgan fingerprint density at radius 2 is 2.00 bits per heavy atom. The third-order valence-electron chi connectivity index (χ3n) is 1.80. The Labute approximate surface area is 86.1 Å². The first-order valence-corrected chi connectivity index (χ1v) is 5.02. The topological polar surface area (TPSA) is 61.4 Å². The average molecular weight is 202 g/mol. The fourth-order valence-corrected chi connectivity index (χ4v) is 0.964. The maximum atomic E-state index is 11.2. The van der Waals surface area contributed by atoms with Crippen molar-refractivity contribution in [2.24, 2.45) is 0 Å². The summed E-state index contributed by atoms with van der Waals surface area (Å²) in [6.07, 6.45) is 0.446. The van der Waals surface area contributed by atoms with Crippen molar-refractivity contribution < 1.29 is 9.90 Å². The molecule has 0 rings (SSSR count). The summed E-state index contributed by atoms with van der Waals surface area (Å²) < 4.78 is 0. The molecule has 0 radical (unpaired) electrons. The molecule has 4 heteroatoms. The highest BCUT2D eigenvalue weighted by atomic mass is 16.3. The number of hydrogen-bond donors (Lipinski definition) is 3. The third kappa shape index (κ3) is 6.86. The highest BCUT2D eigenvalue weighted by molar-refractivity contribution is 5.76. The fourth-order valence-electron chi connectivity index (χ4n) is 0.964. The molecular formula is C10H22N2O2. The molecule has 0 fully saturated rings. The van der Waals surface area contributed by atoms with Crippen LogP contribution in [-0.2, 0) is 4.79 Å². The molecule has 0 saturated heterocycles. The molecule has 84 valence electrons. The smallest absolute Gasteiger partial charge is 0.221 e. The number of carbonyl (C=O) groups is 1. The van der Waals surface area contributed by atoms with Gasteiger partial charge in [0.15, 0.2) is 0 Å². The van der Waals surface area contributed by atoms with Gasteiger partial charge in [-0.15, -0.1) is 0 Å². The molecule has 0 aliphatic carbocycles. The number of aliphatic hydroxyl groups is 1. The quantitative estimate of drug-likeness (QED) is 0.579. The number of nitrogens with one attached hydrogen (secondary N) is 2. The van der Waals surface area contributed by atoms with E-state index >= 15 is 0 Å². The largest absolute Gasteiger partial charge is 0.394 e. The van der Waals surface area contributed by atoms with Gasteiger partial charge in [-0.3, -0.25) is 4.79 Å². The summed E-state index contributed by atoms with van der Waals surface area (Å²) in [5.74, 6) is 0.0428. The van der Waals surface area contributed by atoms with Crippen LogP contribution in [0.5, 0.6) is 0 Å². The van der Waals surface area contributed by atoms with Crippen LogP contribution < -0.4 is 10.6 Å². The van der Waals surface area contributed by atoms with Gasteiger partial charge in [0.1, 0.15) is 0 Å². The van der Waals surface area contributed by atoms with Gasteiger partial charge in [-0.25, -0.2) is 0 Å². The second-order valence-corrected chi connectivity index (χ2v) is 4.44. The van der Waals surface area contributed by atoms with Crippen LogP contribution in [0.3, 0.4) is 0 Å². The van der Waals surface area contributed by atoms with Gasteiger partial charge in [0.05, 0.1) is 6.61 Å². The molecule has 1 amide bonds. The van der Waals surface area contributed by atoms with Gasteiger partial charge >= 0.3 is 0 Å². The van der Waals surface area contributed by atoms with E-state index in [2.05, 4.69) is 10.6 Å². The van der Waals surface area contributed by atoms with Gasteiger partial charge in [0.25, 0.3) is 0 Å². The van der Waals surface area contributed by atoms with Crippen molar-refractivity contribution in [2.45, 2.75) is 45.7 Å². The van der Waals surface area contributed by atoms with Crippen molar-refractivity contribution in [2.75, 3.05) is 13.2 Å². The lowest BCUT2D eigenvalue weighted by molar-refractivity contribution is -0.121. The number of aliphatic hydroxyl groups excluding tert-OH is 1. The molecule has 0 bridgehead atoms. The predicted molar refractivity (Wildman–Crippen MR) is 57.1 cm³/mol. The zero-order valence-electron chi connectivity index (χ0n) is 9.55. The molecule has 0 aliphatic heterocycles. The Morgan fingerprint density at radius 1 is 1.43 bits per heavy atom. The first kappa shape index (κ1) is 13.4. The minimum atomic E-state index is -0.307. The molecule has 0 aromatic heterocycles. The Balaban J connectivity index is 3.59. The monoisotopic (exact) mass is 202 g/mol. The minimum Gasteiger partial charge on any atom is -0.394 e. The van der Waals surface area contributed by atoms with Gasteiger partial charge in [0, 0.05) is 24.5 Å². The highest BCUT2D eigenvalue weighted by Gasteiger charge is 2.15. The van der Waals surface area contributed by atoms with Gasteiger partial charge in [-0.2, -0.15) is 0 Å². The molecule has 0 atom stereocenters. The lowest BCUT2D eigenvalue weighted by Gasteiger charge is -2.23. The number of carbonyl (C=O) groups excluding carboxylic acids is 1. The van der Waals surface area contributed by atoms with E-state index in [1.54, 1.807) is 0 Å². The first-order valence-electron chi connectivity index (χ1n) is 5.02. The fraction of sp³-hybridized carbons (Fsp3) is 0.900. The average Bonchev–Trinajstić information content (AvgIpc) is 2.02. The number of rotatable bonds is 6. The van der Waals surface area contributed by atoms with Crippen LogP contribution >= 0.6 is 0 Å². The van der Waals surface area contributed by atoms with Crippen LogP contribution in [0.4, 0.5) is 0 Å². The van der Waals surface area contributed by atoms with Crippen LogP contribution in [-0.4, -0.2) is 35.7 Å². The molecular weight excluding hydrogens is 180 g/mol. The van der Waals surface area contributed by atoms with Crippen LogP contribution in [0.2, 0.25) is 0 Å². The lowest BCUT2D eigenvalue weighted by Crippen LogP contribution is -2.44. The minimum absolute atomic E-state index is 0.0428. The van der Waals surface area contributed by atoms with E-state index in [9.17, 15) is 4.79 Å². The van der Waals surface area contributed by atoms with E-state index in [-0.39, 0.29) is 24.1 Å². The zero-order chi connectivity index (χ0) is 11.2. The zero-order valence-corrected chi connectivity index (χ0v) is 9.55. The van der Waals surface area contributed by atoms with E-state index in [4.69, 9.17) is 5.11 Å². The Bertz CT molecular complexity index is 179. The summed E-state index contributed by atoms with van der Waals surface area (Å²) in [5, 5.41) is 14.8. The molecule has 3 N–H and O–H groups in total. The van der Waals surface area contributed by atoms with E-state index < -0.39 is 0 Å². The van der Waals surface area contributed by atoms with Crippen LogP contribution in [0, 0.1) is 0 Å². The normalized spacial score (nSPS) is 11.9. The third-order valence-corrected chi connectivity index (χ3v) is 1.80. The first-order chi connectivity index (χ1) is 6.37. The van der Waals surface area contributed by atoms with E-state index in [1.807, 2.05) is 27.7 Å².